The molecule has 3 aromatic carbocycles. The quantitative estimate of drug-likeness (QED) is 0.473. The van der Waals surface area contributed by atoms with Crippen LogP contribution in [0.3, 0.4) is 0 Å². The molecule has 0 unspecified atom stereocenters. The van der Waals surface area contributed by atoms with E-state index in [1.54, 1.807) is 24.3 Å². The van der Waals surface area contributed by atoms with Gasteiger partial charge in [-0.2, -0.15) is 4.52 Å². The molecule has 158 valence electrons. The average molecular weight is 427 g/mol. The maximum atomic E-state index is 13.3. The van der Waals surface area contributed by atoms with Crippen LogP contribution in [0.5, 0.6) is 0 Å². The van der Waals surface area contributed by atoms with Crippen LogP contribution in [0.2, 0.25) is 0 Å². The molecule has 2 heterocycles. The van der Waals surface area contributed by atoms with Crippen molar-refractivity contribution in [3.8, 4) is 11.4 Å². The molecular formula is C24H18FN5O2. The van der Waals surface area contributed by atoms with Crippen molar-refractivity contribution < 1.29 is 9.18 Å². The Morgan fingerprint density at radius 1 is 1.00 bits per heavy atom. The van der Waals surface area contributed by atoms with Crippen LogP contribution in [0.15, 0.2) is 77.6 Å². The molecule has 0 aliphatic carbocycles. The number of hydrogen-bond donors (Lipinski definition) is 1. The van der Waals surface area contributed by atoms with Crippen LogP contribution in [-0.4, -0.2) is 25.1 Å². The summed E-state index contributed by atoms with van der Waals surface area (Å²) in [5.74, 6) is -0.404. The Kier molecular flexibility index (Phi) is 4.74. The monoisotopic (exact) mass is 427 g/mol. The molecule has 1 amide bonds. The molecule has 0 atom stereocenters. The van der Waals surface area contributed by atoms with E-state index in [0.717, 1.165) is 5.56 Å². The number of carbonyl (C=O) groups is 1. The number of amides is 1. The van der Waals surface area contributed by atoms with Gasteiger partial charge in [0, 0.05) is 16.6 Å². The molecule has 5 aromatic rings. The highest BCUT2D eigenvalue weighted by molar-refractivity contribution is 5.95. The lowest BCUT2D eigenvalue weighted by Crippen LogP contribution is -2.32. The van der Waals surface area contributed by atoms with Crippen LogP contribution in [0.4, 0.5) is 10.1 Å². The first kappa shape index (κ1) is 19.6. The summed E-state index contributed by atoms with van der Waals surface area (Å²) in [5.41, 5.74) is 2.78. The van der Waals surface area contributed by atoms with E-state index in [2.05, 4.69) is 15.4 Å². The number of benzene rings is 3. The van der Waals surface area contributed by atoms with Gasteiger partial charge in [0.05, 0.1) is 5.52 Å². The lowest BCUT2D eigenvalue weighted by atomic mass is 10.2. The third-order valence-electron chi connectivity index (χ3n) is 5.19. The fraction of sp³-hybridized carbons (Fsp3) is 0.0833. The zero-order chi connectivity index (χ0) is 22.2. The van der Waals surface area contributed by atoms with Crippen molar-refractivity contribution in [1.29, 1.82) is 0 Å². The Labute approximate surface area is 181 Å². The summed E-state index contributed by atoms with van der Waals surface area (Å²) in [5, 5.41) is 7.83. The molecule has 1 N–H and O–H groups in total. The lowest BCUT2D eigenvalue weighted by molar-refractivity contribution is -0.116. The van der Waals surface area contributed by atoms with Crippen LogP contribution >= 0.6 is 0 Å². The Bertz CT molecular complexity index is 1520. The first-order valence-electron chi connectivity index (χ1n) is 10.0. The van der Waals surface area contributed by atoms with Crippen molar-refractivity contribution in [2.75, 3.05) is 5.32 Å². The fourth-order valence-electron chi connectivity index (χ4n) is 3.59. The van der Waals surface area contributed by atoms with Crippen molar-refractivity contribution in [1.82, 2.24) is 19.2 Å². The minimum Gasteiger partial charge on any atom is -0.325 e. The van der Waals surface area contributed by atoms with E-state index in [9.17, 15) is 14.0 Å². The molecule has 0 fully saturated rings. The highest BCUT2D eigenvalue weighted by Crippen LogP contribution is 2.21. The van der Waals surface area contributed by atoms with Gasteiger partial charge in [-0.1, -0.05) is 29.8 Å². The molecular weight excluding hydrogens is 409 g/mol. The Morgan fingerprint density at radius 3 is 2.47 bits per heavy atom. The van der Waals surface area contributed by atoms with Crippen molar-refractivity contribution in [3.05, 3.63) is 94.7 Å². The smallest absolute Gasteiger partial charge is 0.325 e. The van der Waals surface area contributed by atoms with Crippen LogP contribution in [0.25, 0.3) is 27.9 Å². The van der Waals surface area contributed by atoms with Gasteiger partial charge in [0.2, 0.25) is 5.91 Å². The molecule has 0 bridgehead atoms. The van der Waals surface area contributed by atoms with E-state index in [1.165, 1.54) is 21.2 Å². The molecule has 2 aromatic heterocycles. The number of carbonyl (C=O) groups excluding carboxylic acids is 1. The topological polar surface area (TPSA) is 81.3 Å². The van der Waals surface area contributed by atoms with Crippen LogP contribution in [0, 0.1) is 12.7 Å². The van der Waals surface area contributed by atoms with Crippen LogP contribution in [-0.2, 0) is 11.3 Å². The number of aryl methyl sites for hydroxylation is 1. The highest BCUT2D eigenvalue weighted by Gasteiger charge is 2.17. The van der Waals surface area contributed by atoms with Gasteiger partial charge in [-0.3, -0.25) is 9.36 Å². The predicted octanol–water partition coefficient (Wildman–Crippen LogP) is 3.80. The second-order valence-electron chi connectivity index (χ2n) is 7.48. The molecule has 0 aliphatic heterocycles. The second-order valence-corrected chi connectivity index (χ2v) is 7.48. The van der Waals surface area contributed by atoms with E-state index in [4.69, 9.17) is 0 Å². The molecule has 0 saturated carbocycles. The van der Waals surface area contributed by atoms with Gasteiger partial charge in [0.15, 0.2) is 11.5 Å². The molecule has 0 aliphatic rings. The van der Waals surface area contributed by atoms with Crippen molar-refractivity contribution in [3.63, 3.8) is 0 Å². The van der Waals surface area contributed by atoms with Gasteiger partial charge in [-0.15, -0.1) is 5.10 Å². The minimum atomic E-state index is -0.487. The summed E-state index contributed by atoms with van der Waals surface area (Å²) < 4.78 is 15.8. The summed E-state index contributed by atoms with van der Waals surface area (Å²) in [4.78, 5) is 30.5. The Hall–Kier alpha value is -4.33. The number of anilines is 1. The summed E-state index contributed by atoms with van der Waals surface area (Å²) in [6.07, 6.45) is 0. The van der Waals surface area contributed by atoms with E-state index in [-0.39, 0.29) is 18.3 Å². The minimum absolute atomic E-state index is 0.186. The Balaban J connectivity index is 1.59. The molecule has 0 spiro atoms. The maximum Gasteiger partial charge on any atom is 0.351 e. The van der Waals surface area contributed by atoms with Crippen molar-refractivity contribution >= 4 is 28.1 Å². The maximum absolute atomic E-state index is 13.3. The molecule has 0 radical (unpaired) electrons. The largest absolute Gasteiger partial charge is 0.351 e. The number of hydrogen-bond acceptors (Lipinski definition) is 4. The number of fused-ring (bicyclic) bond motifs is 3. The average Bonchev–Trinajstić information content (AvgIpc) is 3.25. The van der Waals surface area contributed by atoms with Crippen LogP contribution in [0.1, 0.15) is 5.56 Å². The molecule has 0 saturated heterocycles. The van der Waals surface area contributed by atoms with Gasteiger partial charge in [0.25, 0.3) is 0 Å². The summed E-state index contributed by atoms with van der Waals surface area (Å²) in [6.45, 7) is 1.78. The summed E-state index contributed by atoms with van der Waals surface area (Å²) in [7, 11) is 0. The number of para-hydroxylation sites is 1. The molecule has 32 heavy (non-hydrogen) atoms. The van der Waals surface area contributed by atoms with Crippen molar-refractivity contribution in [2.24, 2.45) is 0 Å². The SMILES string of the molecule is Cc1ccc(NC(=O)Cn2c(=O)n3nc(-c4ccc(F)cc4)nc3c3ccccc32)cc1. The molecule has 7 nitrogen and oxygen atoms in total. The van der Waals surface area contributed by atoms with E-state index in [0.29, 0.717) is 33.6 Å². The molecule has 5 rings (SSSR count). The number of nitrogens with one attached hydrogen (secondary N) is 1. The van der Waals surface area contributed by atoms with Gasteiger partial charge in [-0.25, -0.2) is 14.2 Å². The number of aromatic nitrogens is 4. The van der Waals surface area contributed by atoms with Gasteiger partial charge >= 0.3 is 5.69 Å². The zero-order valence-electron chi connectivity index (χ0n) is 17.1. The summed E-state index contributed by atoms with van der Waals surface area (Å²) >= 11 is 0. The third-order valence-corrected chi connectivity index (χ3v) is 5.19. The fourth-order valence-corrected chi connectivity index (χ4v) is 3.59. The van der Waals surface area contributed by atoms with E-state index < -0.39 is 5.69 Å². The Morgan fingerprint density at radius 2 is 1.72 bits per heavy atom. The van der Waals surface area contributed by atoms with E-state index >= 15 is 0 Å². The second kappa shape index (κ2) is 7.73. The highest BCUT2D eigenvalue weighted by atomic mass is 19.1. The number of nitrogens with zero attached hydrogens (tertiary/aromatic N) is 4. The first-order chi connectivity index (χ1) is 15.5. The van der Waals surface area contributed by atoms with Gasteiger partial charge in [0.1, 0.15) is 12.4 Å². The van der Waals surface area contributed by atoms with E-state index in [1.807, 2.05) is 43.3 Å². The first-order valence-corrected chi connectivity index (χ1v) is 10.0. The van der Waals surface area contributed by atoms with Gasteiger partial charge < -0.3 is 5.32 Å². The van der Waals surface area contributed by atoms with Gasteiger partial charge in [-0.05, 0) is 55.5 Å². The number of rotatable bonds is 4. The lowest BCUT2D eigenvalue weighted by Gasteiger charge is -2.11. The third kappa shape index (κ3) is 3.51. The van der Waals surface area contributed by atoms with Crippen molar-refractivity contribution in [2.45, 2.75) is 13.5 Å². The standard InChI is InChI=1S/C24H18FN5O2/c1-15-6-12-18(13-7-15)26-21(31)14-29-20-5-3-2-4-19(20)23-27-22(28-30(23)24(29)32)16-8-10-17(25)11-9-16/h2-13H,14H2,1H3,(H,26,31). The molecule has 8 heteroatoms. The summed E-state index contributed by atoms with van der Waals surface area (Å²) in [6, 6.07) is 20.4. The predicted molar refractivity (Wildman–Crippen MR) is 120 cm³/mol. The normalized spacial score (nSPS) is 11.2. The van der Waals surface area contributed by atoms with Crippen LogP contribution < -0.4 is 11.0 Å². The zero-order valence-corrected chi connectivity index (χ0v) is 17.1. The number of halogens is 1.